The third-order valence-electron chi connectivity index (χ3n) is 5.34. The molecule has 2 aromatic heterocycles. The van der Waals surface area contributed by atoms with Crippen LogP contribution < -0.4 is 4.31 Å². The number of rotatable bonds is 5. The molecule has 5 rings (SSSR count). The number of aromatic nitrogens is 1. The molecule has 5 aromatic rings. The minimum Gasteiger partial charge on any atom is -0.755 e. The quantitative estimate of drug-likeness (QED) is 0.261. The molecule has 0 amide bonds. The van der Waals surface area contributed by atoms with Gasteiger partial charge in [-0.3, -0.25) is 13.5 Å². The van der Waals surface area contributed by atoms with E-state index < -0.39 is 11.3 Å². The van der Waals surface area contributed by atoms with Crippen molar-refractivity contribution in [2.24, 2.45) is 0 Å². The lowest BCUT2D eigenvalue weighted by molar-refractivity contribution is 0.537. The molecular weight excluding hydrogens is 502 g/mol. The molecule has 0 fully saturated rings. The Labute approximate surface area is 200 Å². The fourth-order valence-electron chi connectivity index (χ4n) is 3.78. The molecule has 162 valence electrons. The Bertz CT molecular complexity index is 1550. The van der Waals surface area contributed by atoms with Gasteiger partial charge in [0.15, 0.2) is 0 Å². The van der Waals surface area contributed by atoms with Gasteiger partial charge in [-0.1, -0.05) is 30.3 Å². The number of halogens is 1. The Kier molecular flexibility index (Phi) is 5.68. The van der Waals surface area contributed by atoms with Crippen LogP contribution in [-0.4, -0.2) is 13.7 Å². The number of anilines is 2. The molecule has 0 saturated heterocycles. The molecule has 1 unspecified atom stereocenters. The Morgan fingerprint density at radius 2 is 1.88 bits per heavy atom. The van der Waals surface area contributed by atoms with Gasteiger partial charge in [-0.05, 0) is 57.9 Å². The van der Waals surface area contributed by atoms with Crippen LogP contribution in [0.1, 0.15) is 16.9 Å². The predicted molar refractivity (Wildman–Crippen MR) is 131 cm³/mol. The van der Waals surface area contributed by atoms with Gasteiger partial charge in [0.05, 0.1) is 44.3 Å². The van der Waals surface area contributed by atoms with Crippen LogP contribution in [0.15, 0.2) is 87.9 Å². The van der Waals surface area contributed by atoms with Gasteiger partial charge in [-0.15, -0.1) is 0 Å². The van der Waals surface area contributed by atoms with Gasteiger partial charge in [0.2, 0.25) is 0 Å². The first-order chi connectivity index (χ1) is 16.0. The van der Waals surface area contributed by atoms with Crippen LogP contribution in [0, 0.1) is 11.3 Å². The van der Waals surface area contributed by atoms with E-state index in [1.165, 1.54) is 4.31 Å². The zero-order valence-corrected chi connectivity index (χ0v) is 19.5. The maximum atomic E-state index is 12.3. The summed E-state index contributed by atoms with van der Waals surface area (Å²) in [5.74, 6) is 0.716. The van der Waals surface area contributed by atoms with Gasteiger partial charge < -0.3 is 8.97 Å². The molecule has 0 aliphatic rings. The van der Waals surface area contributed by atoms with Crippen molar-refractivity contribution >= 4 is 60.4 Å². The molecular formula is C25H15BrN3O3S-. The van der Waals surface area contributed by atoms with Gasteiger partial charge in [0.1, 0.15) is 11.3 Å². The van der Waals surface area contributed by atoms with E-state index in [1.807, 2.05) is 36.4 Å². The SMILES string of the molecule is N#Cc1ccc(Cc2oc3cc(N(c4cccc5cccnc45)S(=O)[O-])ccc3c2Br)cc1. The van der Waals surface area contributed by atoms with E-state index >= 15 is 0 Å². The Balaban J connectivity index is 1.56. The van der Waals surface area contributed by atoms with Crippen molar-refractivity contribution in [2.45, 2.75) is 6.42 Å². The standard InChI is InChI=1S/C25H16BrN3O3S/c26-24-20-11-10-19(14-22(20)32-23(24)13-16-6-8-17(15-27)9-7-16)29(33(30)31)21-5-1-3-18-4-2-12-28-25(18)21/h1-12,14H,13H2,(H,30,31)/p-1. The van der Waals surface area contributed by atoms with Gasteiger partial charge in [-0.2, -0.15) is 5.26 Å². The summed E-state index contributed by atoms with van der Waals surface area (Å²) in [5.41, 5.74) is 3.65. The monoisotopic (exact) mass is 516 g/mol. The molecule has 0 radical (unpaired) electrons. The highest BCUT2D eigenvalue weighted by molar-refractivity contribution is 9.10. The number of nitriles is 1. The van der Waals surface area contributed by atoms with Crippen molar-refractivity contribution in [3.63, 3.8) is 0 Å². The van der Waals surface area contributed by atoms with Gasteiger partial charge in [-0.25, -0.2) is 0 Å². The summed E-state index contributed by atoms with van der Waals surface area (Å²) >= 11 is 1.04. The van der Waals surface area contributed by atoms with Gasteiger partial charge in [0, 0.05) is 29.5 Å². The number of hydrogen-bond acceptors (Lipinski definition) is 5. The van der Waals surface area contributed by atoms with E-state index in [-0.39, 0.29) is 0 Å². The fourth-order valence-corrected chi connectivity index (χ4v) is 4.93. The molecule has 2 heterocycles. The van der Waals surface area contributed by atoms with Crippen molar-refractivity contribution < 1.29 is 13.2 Å². The summed E-state index contributed by atoms with van der Waals surface area (Å²) in [4.78, 5) is 4.38. The first-order valence-corrected chi connectivity index (χ1v) is 11.8. The van der Waals surface area contributed by atoms with E-state index in [1.54, 1.807) is 42.6 Å². The number of furan rings is 1. The predicted octanol–water partition coefficient (Wildman–Crippen LogP) is 6.14. The third kappa shape index (κ3) is 4.02. The van der Waals surface area contributed by atoms with Crippen LogP contribution in [0.5, 0.6) is 0 Å². The lowest BCUT2D eigenvalue weighted by Gasteiger charge is -2.27. The summed E-state index contributed by atoms with van der Waals surface area (Å²) in [5, 5.41) is 10.7. The highest BCUT2D eigenvalue weighted by Crippen LogP contribution is 2.38. The van der Waals surface area contributed by atoms with E-state index in [2.05, 4.69) is 27.0 Å². The zero-order valence-electron chi connectivity index (χ0n) is 17.1. The highest BCUT2D eigenvalue weighted by atomic mass is 79.9. The molecule has 3 aromatic carbocycles. The number of pyridine rings is 1. The number of fused-ring (bicyclic) bond motifs is 2. The number of hydrogen-bond donors (Lipinski definition) is 0. The van der Waals surface area contributed by atoms with E-state index in [4.69, 9.17) is 9.68 Å². The first-order valence-electron chi connectivity index (χ1n) is 9.98. The molecule has 0 aliphatic heterocycles. The minimum atomic E-state index is -2.57. The zero-order chi connectivity index (χ0) is 22.9. The smallest absolute Gasteiger partial charge is 0.137 e. The highest BCUT2D eigenvalue weighted by Gasteiger charge is 2.18. The summed E-state index contributed by atoms with van der Waals surface area (Å²) in [6.07, 6.45) is 2.17. The molecule has 0 aliphatic carbocycles. The van der Waals surface area contributed by atoms with Crippen LogP contribution in [0.25, 0.3) is 21.9 Å². The van der Waals surface area contributed by atoms with E-state index in [0.717, 1.165) is 20.8 Å². The molecule has 33 heavy (non-hydrogen) atoms. The largest absolute Gasteiger partial charge is 0.755 e. The molecule has 0 spiro atoms. The van der Waals surface area contributed by atoms with E-state index in [0.29, 0.717) is 40.2 Å². The van der Waals surface area contributed by atoms with E-state index in [9.17, 15) is 8.76 Å². The lowest BCUT2D eigenvalue weighted by atomic mass is 10.1. The summed E-state index contributed by atoms with van der Waals surface area (Å²) in [7, 11) is 0. The lowest BCUT2D eigenvalue weighted by Crippen LogP contribution is -2.19. The van der Waals surface area contributed by atoms with Crippen LogP contribution >= 0.6 is 15.9 Å². The second kappa shape index (κ2) is 8.79. The van der Waals surface area contributed by atoms with Gasteiger partial charge in [0.25, 0.3) is 0 Å². The molecule has 0 N–H and O–H groups in total. The Morgan fingerprint density at radius 3 is 2.64 bits per heavy atom. The maximum absolute atomic E-state index is 12.3. The normalized spacial score (nSPS) is 12.0. The summed E-state index contributed by atoms with van der Waals surface area (Å²) in [6, 6.07) is 23.8. The maximum Gasteiger partial charge on any atom is 0.137 e. The summed E-state index contributed by atoms with van der Waals surface area (Å²) in [6.45, 7) is 0. The molecule has 8 heteroatoms. The second-order valence-corrected chi connectivity index (χ2v) is 8.96. The third-order valence-corrected chi connectivity index (χ3v) is 6.92. The average Bonchev–Trinajstić information content (AvgIpc) is 3.14. The topological polar surface area (TPSA) is 93.2 Å². The molecule has 1 atom stereocenters. The average molecular weight is 517 g/mol. The molecule has 6 nitrogen and oxygen atoms in total. The second-order valence-electron chi connectivity index (χ2n) is 7.37. The fraction of sp³-hybridized carbons (Fsp3) is 0.0400. The van der Waals surface area contributed by atoms with Crippen molar-refractivity contribution in [1.29, 1.82) is 5.26 Å². The van der Waals surface area contributed by atoms with Crippen molar-refractivity contribution in [2.75, 3.05) is 4.31 Å². The molecule has 0 saturated carbocycles. The van der Waals surface area contributed by atoms with Crippen LogP contribution in [0.4, 0.5) is 11.4 Å². The Morgan fingerprint density at radius 1 is 1.09 bits per heavy atom. The van der Waals surface area contributed by atoms with Gasteiger partial charge >= 0.3 is 0 Å². The number of benzene rings is 3. The van der Waals surface area contributed by atoms with Crippen LogP contribution in [0.3, 0.4) is 0 Å². The first kappa shape index (κ1) is 21.3. The van der Waals surface area contributed by atoms with Crippen molar-refractivity contribution in [1.82, 2.24) is 4.98 Å². The van der Waals surface area contributed by atoms with Crippen LogP contribution in [-0.2, 0) is 17.7 Å². The van der Waals surface area contributed by atoms with Crippen molar-refractivity contribution in [3.8, 4) is 6.07 Å². The van der Waals surface area contributed by atoms with Crippen molar-refractivity contribution in [3.05, 3.63) is 100 Å². The van der Waals surface area contributed by atoms with Crippen LogP contribution in [0.2, 0.25) is 0 Å². The number of para-hydroxylation sites is 1. The minimum absolute atomic E-state index is 0.445. The molecule has 0 bridgehead atoms. The number of nitrogens with zero attached hydrogens (tertiary/aromatic N) is 3. The Hall–Kier alpha value is -3.51. The summed E-state index contributed by atoms with van der Waals surface area (Å²) < 4.78 is 32.7.